The fourth-order valence-electron chi connectivity index (χ4n) is 4.57. The Morgan fingerprint density at radius 3 is 2.06 bits per heavy atom. The van der Waals surface area contributed by atoms with E-state index in [1.165, 1.54) is 24.3 Å². The second-order valence-corrected chi connectivity index (χ2v) is 10.7. The number of ether oxygens (including phenoxy) is 1. The first-order valence-electron chi connectivity index (χ1n) is 10.9. The summed E-state index contributed by atoms with van der Waals surface area (Å²) in [6.07, 6.45) is 4.34. The Bertz CT molecular complexity index is 1080. The van der Waals surface area contributed by atoms with Gasteiger partial charge in [0.25, 0.3) is 5.91 Å². The second kappa shape index (κ2) is 9.40. The van der Waals surface area contributed by atoms with Crippen LogP contribution < -0.4 is 4.74 Å². The highest BCUT2D eigenvalue weighted by Crippen LogP contribution is 2.29. The molecular formula is C24H26FNO5S. The van der Waals surface area contributed by atoms with Crippen LogP contribution in [0.25, 0.3) is 0 Å². The summed E-state index contributed by atoms with van der Waals surface area (Å²) in [4.78, 5) is 27.3. The van der Waals surface area contributed by atoms with Gasteiger partial charge in [0.2, 0.25) is 0 Å². The van der Waals surface area contributed by atoms with Crippen LogP contribution in [0.4, 0.5) is 4.39 Å². The van der Waals surface area contributed by atoms with Gasteiger partial charge >= 0.3 is 0 Å². The molecule has 1 atom stereocenters. The molecule has 2 fully saturated rings. The fourth-order valence-corrected chi connectivity index (χ4v) is 6.28. The zero-order valence-corrected chi connectivity index (χ0v) is 18.5. The van der Waals surface area contributed by atoms with Crippen LogP contribution in [0.5, 0.6) is 5.75 Å². The molecule has 0 radical (unpaired) electrons. The van der Waals surface area contributed by atoms with Gasteiger partial charge in [-0.25, -0.2) is 12.8 Å². The zero-order chi connectivity index (χ0) is 22.7. The van der Waals surface area contributed by atoms with E-state index in [1.807, 2.05) is 0 Å². The Morgan fingerprint density at radius 2 is 1.50 bits per heavy atom. The van der Waals surface area contributed by atoms with Crippen LogP contribution in [0, 0.1) is 5.82 Å². The lowest BCUT2D eigenvalue weighted by Gasteiger charge is -2.34. The summed E-state index contributed by atoms with van der Waals surface area (Å²) in [5, 5.41) is 0. The summed E-state index contributed by atoms with van der Waals surface area (Å²) in [6, 6.07) is 11.6. The molecule has 1 aliphatic carbocycles. The number of halogens is 1. The van der Waals surface area contributed by atoms with Crippen LogP contribution in [-0.2, 0) is 14.6 Å². The van der Waals surface area contributed by atoms with Gasteiger partial charge in [0.1, 0.15) is 11.6 Å². The molecule has 2 aliphatic rings. The molecule has 4 rings (SSSR count). The molecule has 1 saturated heterocycles. The fraction of sp³-hybridized carbons (Fsp3) is 0.417. The maximum Gasteiger partial charge on any atom is 0.261 e. The minimum atomic E-state index is -3.10. The highest BCUT2D eigenvalue weighted by molar-refractivity contribution is 7.91. The molecule has 8 heteroatoms. The van der Waals surface area contributed by atoms with E-state index in [0.717, 1.165) is 25.7 Å². The number of nitrogens with zero attached hydrogens (tertiary/aromatic N) is 1. The van der Waals surface area contributed by atoms with Gasteiger partial charge < -0.3 is 9.64 Å². The largest absolute Gasteiger partial charge is 0.484 e. The lowest BCUT2D eigenvalue weighted by Crippen LogP contribution is -2.48. The number of sulfone groups is 1. The first-order chi connectivity index (χ1) is 15.3. The molecule has 1 heterocycles. The van der Waals surface area contributed by atoms with E-state index in [0.29, 0.717) is 23.3 Å². The molecule has 1 amide bonds. The number of ketones is 1. The molecule has 2 aromatic rings. The predicted molar refractivity (Wildman–Crippen MR) is 118 cm³/mol. The first-order valence-corrected chi connectivity index (χ1v) is 12.7. The van der Waals surface area contributed by atoms with E-state index in [9.17, 15) is 22.4 Å². The lowest BCUT2D eigenvalue weighted by molar-refractivity contribution is -0.137. The molecular weight excluding hydrogens is 433 g/mol. The van der Waals surface area contributed by atoms with E-state index in [2.05, 4.69) is 0 Å². The van der Waals surface area contributed by atoms with Crippen molar-refractivity contribution in [2.24, 2.45) is 0 Å². The molecule has 0 unspecified atom stereocenters. The van der Waals surface area contributed by atoms with Crippen LogP contribution in [0.15, 0.2) is 48.5 Å². The topological polar surface area (TPSA) is 80.8 Å². The van der Waals surface area contributed by atoms with Gasteiger partial charge in [-0.3, -0.25) is 9.59 Å². The third-order valence-corrected chi connectivity index (χ3v) is 7.94. The first kappa shape index (κ1) is 22.5. The van der Waals surface area contributed by atoms with Crippen molar-refractivity contribution in [3.8, 4) is 5.75 Å². The normalized spacial score (nSPS) is 20.2. The average molecular weight is 460 g/mol. The number of amides is 1. The Labute approximate surface area is 187 Å². The molecule has 2 aromatic carbocycles. The van der Waals surface area contributed by atoms with Gasteiger partial charge in [0, 0.05) is 23.2 Å². The van der Waals surface area contributed by atoms with Gasteiger partial charge in [-0.1, -0.05) is 12.8 Å². The van der Waals surface area contributed by atoms with Crippen LogP contribution in [0.3, 0.4) is 0 Å². The number of hydrogen-bond donors (Lipinski definition) is 0. The molecule has 32 heavy (non-hydrogen) atoms. The van der Waals surface area contributed by atoms with E-state index >= 15 is 0 Å². The molecule has 1 saturated carbocycles. The molecule has 0 N–H and O–H groups in total. The summed E-state index contributed by atoms with van der Waals surface area (Å²) < 4.78 is 42.6. The van der Waals surface area contributed by atoms with Crippen molar-refractivity contribution >= 4 is 21.5 Å². The van der Waals surface area contributed by atoms with Crippen molar-refractivity contribution in [3.63, 3.8) is 0 Å². The van der Waals surface area contributed by atoms with Crippen LogP contribution >= 0.6 is 0 Å². The van der Waals surface area contributed by atoms with E-state index in [-0.39, 0.29) is 41.9 Å². The predicted octanol–water partition coefficient (Wildman–Crippen LogP) is 3.39. The molecule has 1 aliphatic heterocycles. The van der Waals surface area contributed by atoms with Crippen LogP contribution in [-0.4, -0.2) is 55.2 Å². The quantitative estimate of drug-likeness (QED) is 0.593. The molecule has 0 spiro atoms. The van der Waals surface area contributed by atoms with Gasteiger partial charge in [-0.2, -0.15) is 0 Å². The summed E-state index contributed by atoms with van der Waals surface area (Å²) in [7, 11) is -3.10. The van der Waals surface area contributed by atoms with Gasteiger partial charge in [0.15, 0.2) is 22.2 Å². The van der Waals surface area contributed by atoms with E-state index in [4.69, 9.17) is 4.74 Å². The SMILES string of the molecule is O=C(c1ccc(F)cc1)c1ccc(OCC(=O)N(C2CCCC2)[C@H]2CCS(=O)(=O)C2)cc1. The van der Waals surface area contributed by atoms with E-state index in [1.54, 1.807) is 29.2 Å². The monoisotopic (exact) mass is 459 g/mol. The van der Waals surface area contributed by atoms with Crippen molar-refractivity contribution in [2.75, 3.05) is 18.1 Å². The van der Waals surface area contributed by atoms with Crippen LogP contribution in [0.2, 0.25) is 0 Å². The van der Waals surface area contributed by atoms with Gasteiger partial charge in [-0.05, 0) is 67.8 Å². The van der Waals surface area contributed by atoms with Crippen LogP contribution in [0.1, 0.15) is 48.0 Å². The molecule has 6 nitrogen and oxygen atoms in total. The molecule has 0 bridgehead atoms. The minimum Gasteiger partial charge on any atom is -0.484 e. The van der Waals surface area contributed by atoms with Crippen molar-refractivity contribution in [3.05, 3.63) is 65.5 Å². The average Bonchev–Trinajstić information content (AvgIpc) is 3.43. The summed E-state index contributed by atoms with van der Waals surface area (Å²) in [5.41, 5.74) is 0.813. The third-order valence-electron chi connectivity index (χ3n) is 6.19. The molecule has 0 aromatic heterocycles. The Hall–Kier alpha value is -2.74. The smallest absolute Gasteiger partial charge is 0.261 e. The van der Waals surface area contributed by atoms with Crippen molar-refractivity contribution in [2.45, 2.75) is 44.2 Å². The number of carbonyl (C=O) groups excluding carboxylic acids is 2. The molecule has 170 valence electrons. The number of hydrogen-bond acceptors (Lipinski definition) is 5. The maximum atomic E-state index is 13.1. The Kier molecular flexibility index (Phi) is 6.60. The third kappa shape index (κ3) is 5.18. The van der Waals surface area contributed by atoms with Crippen molar-refractivity contribution < 1.29 is 27.1 Å². The standard InChI is InChI=1S/C24H26FNO5S/c25-19-9-5-17(6-10-19)24(28)18-7-11-22(12-8-18)31-15-23(27)26(20-3-1-2-4-20)21-13-14-32(29,30)16-21/h5-12,20-21H,1-4,13-16H2/t21-/m0/s1. The number of rotatable bonds is 7. The highest BCUT2D eigenvalue weighted by atomic mass is 32.2. The number of carbonyl (C=O) groups is 2. The Morgan fingerprint density at radius 1 is 0.906 bits per heavy atom. The maximum absolute atomic E-state index is 13.1. The summed E-state index contributed by atoms with van der Waals surface area (Å²) in [6.45, 7) is -0.182. The van der Waals surface area contributed by atoms with Crippen molar-refractivity contribution in [1.82, 2.24) is 4.90 Å². The van der Waals surface area contributed by atoms with Gasteiger partial charge in [-0.15, -0.1) is 0 Å². The zero-order valence-electron chi connectivity index (χ0n) is 17.7. The second-order valence-electron chi connectivity index (χ2n) is 8.45. The van der Waals surface area contributed by atoms with Gasteiger partial charge in [0.05, 0.1) is 11.5 Å². The minimum absolute atomic E-state index is 0.0232. The van der Waals surface area contributed by atoms with Crippen molar-refractivity contribution in [1.29, 1.82) is 0 Å². The summed E-state index contributed by atoms with van der Waals surface area (Å²) in [5.74, 6) is -0.252. The highest BCUT2D eigenvalue weighted by Gasteiger charge is 2.39. The Balaban J connectivity index is 1.39. The number of benzene rings is 2. The lowest BCUT2D eigenvalue weighted by atomic mass is 10.0. The van der Waals surface area contributed by atoms with E-state index < -0.39 is 15.7 Å². The summed E-state index contributed by atoms with van der Waals surface area (Å²) >= 11 is 0.